The highest BCUT2D eigenvalue weighted by Gasteiger charge is 2.40. The normalized spacial score (nSPS) is 31.6. The van der Waals surface area contributed by atoms with Crippen LogP contribution in [0.1, 0.15) is 39.5 Å². The van der Waals surface area contributed by atoms with E-state index in [2.05, 4.69) is 18.7 Å². The molecule has 2 bridgehead atoms. The molecule has 2 aliphatic rings. The molecule has 0 spiro atoms. The van der Waals surface area contributed by atoms with E-state index in [4.69, 9.17) is 5.11 Å². The van der Waals surface area contributed by atoms with Crippen molar-refractivity contribution in [1.82, 2.24) is 4.90 Å². The van der Waals surface area contributed by atoms with Crippen LogP contribution in [0.2, 0.25) is 0 Å². The van der Waals surface area contributed by atoms with Crippen LogP contribution in [0.4, 0.5) is 0 Å². The van der Waals surface area contributed by atoms with E-state index in [0.29, 0.717) is 5.92 Å². The van der Waals surface area contributed by atoms with Gasteiger partial charge >= 0.3 is 5.97 Å². The highest BCUT2D eigenvalue weighted by atomic mass is 16.4. The van der Waals surface area contributed by atoms with Gasteiger partial charge < -0.3 is 5.11 Å². The average Bonchev–Trinajstić information content (AvgIpc) is 2.76. The summed E-state index contributed by atoms with van der Waals surface area (Å²) in [5.41, 5.74) is 0. The van der Waals surface area contributed by atoms with Crippen LogP contribution in [0.25, 0.3) is 0 Å². The van der Waals surface area contributed by atoms with Crippen LogP contribution < -0.4 is 0 Å². The van der Waals surface area contributed by atoms with Crippen LogP contribution in [0, 0.1) is 23.7 Å². The topological polar surface area (TPSA) is 40.5 Å². The molecule has 1 N–H and O–H groups in total. The molecule has 17 heavy (non-hydrogen) atoms. The van der Waals surface area contributed by atoms with E-state index < -0.39 is 5.97 Å². The summed E-state index contributed by atoms with van der Waals surface area (Å²) in [5, 5.41) is 8.96. The zero-order valence-electron chi connectivity index (χ0n) is 11.1. The molecule has 3 nitrogen and oxygen atoms in total. The van der Waals surface area contributed by atoms with Gasteiger partial charge in [-0.15, -0.1) is 0 Å². The van der Waals surface area contributed by atoms with E-state index in [9.17, 15) is 4.79 Å². The van der Waals surface area contributed by atoms with E-state index >= 15 is 0 Å². The van der Waals surface area contributed by atoms with E-state index in [1.54, 1.807) is 0 Å². The maximum absolute atomic E-state index is 10.9. The molecule has 0 amide bonds. The largest absolute Gasteiger partial charge is 0.480 e. The lowest BCUT2D eigenvalue weighted by Gasteiger charge is -2.29. The Hall–Kier alpha value is -0.570. The Labute approximate surface area is 104 Å². The lowest BCUT2D eigenvalue weighted by atomic mass is 9.88. The highest BCUT2D eigenvalue weighted by Crippen LogP contribution is 2.48. The van der Waals surface area contributed by atoms with Gasteiger partial charge in [0.25, 0.3) is 0 Å². The molecule has 0 saturated heterocycles. The third-order valence-corrected chi connectivity index (χ3v) is 4.36. The van der Waals surface area contributed by atoms with E-state index in [1.165, 1.54) is 25.7 Å². The molecule has 2 saturated carbocycles. The van der Waals surface area contributed by atoms with Crippen molar-refractivity contribution < 1.29 is 9.90 Å². The third kappa shape index (κ3) is 3.44. The molecule has 2 fully saturated rings. The van der Waals surface area contributed by atoms with Crippen LogP contribution in [0.15, 0.2) is 0 Å². The summed E-state index contributed by atoms with van der Waals surface area (Å²) in [6.07, 6.45) is 5.56. The van der Waals surface area contributed by atoms with Crippen molar-refractivity contribution in [3.05, 3.63) is 0 Å². The molecular weight excluding hydrogens is 214 g/mol. The molecule has 0 radical (unpaired) electrons. The Morgan fingerprint density at radius 2 is 2.12 bits per heavy atom. The molecule has 0 heterocycles. The summed E-state index contributed by atoms with van der Waals surface area (Å²) >= 11 is 0. The fourth-order valence-corrected chi connectivity index (χ4v) is 3.84. The van der Waals surface area contributed by atoms with Gasteiger partial charge in [-0.1, -0.05) is 20.3 Å². The fraction of sp³-hybridized carbons (Fsp3) is 0.929. The summed E-state index contributed by atoms with van der Waals surface area (Å²) in [5.74, 6) is 2.48. The first kappa shape index (κ1) is 12.9. The predicted molar refractivity (Wildman–Crippen MR) is 67.9 cm³/mol. The second-order valence-electron chi connectivity index (χ2n) is 6.42. The molecule has 2 rings (SSSR count). The first-order valence-corrected chi connectivity index (χ1v) is 6.98. The van der Waals surface area contributed by atoms with Crippen LogP contribution in [0.3, 0.4) is 0 Å². The second kappa shape index (κ2) is 5.38. The van der Waals surface area contributed by atoms with Crippen molar-refractivity contribution in [2.75, 3.05) is 19.6 Å². The van der Waals surface area contributed by atoms with Gasteiger partial charge in [-0.05, 0) is 42.9 Å². The van der Waals surface area contributed by atoms with Gasteiger partial charge in [0.2, 0.25) is 0 Å². The maximum atomic E-state index is 10.9. The minimum absolute atomic E-state index is 0.214. The number of carboxylic acids is 1. The minimum Gasteiger partial charge on any atom is -0.480 e. The Kier molecular flexibility index (Phi) is 4.08. The highest BCUT2D eigenvalue weighted by molar-refractivity contribution is 5.69. The number of rotatable bonds is 6. The quantitative estimate of drug-likeness (QED) is 0.774. The first-order chi connectivity index (χ1) is 8.04. The molecular formula is C14H25NO2. The van der Waals surface area contributed by atoms with Crippen molar-refractivity contribution in [3.63, 3.8) is 0 Å². The number of fused-ring (bicyclic) bond motifs is 2. The molecule has 3 heteroatoms. The van der Waals surface area contributed by atoms with Crippen LogP contribution in [0.5, 0.6) is 0 Å². The molecule has 98 valence electrons. The maximum Gasteiger partial charge on any atom is 0.317 e. The molecule has 0 aromatic carbocycles. The van der Waals surface area contributed by atoms with E-state index in [-0.39, 0.29) is 6.54 Å². The molecule has 0 aliphatic heterocycles. The summed E-state index contributed by atoms with van der Waals surface area (Å²) in [6.45, 7) is 6.46. The fourth-order valence-electron chi connectivity index (χ4n) is 3.84. The van der Waals surface area contributed by atoms with Crippen molar-refractivity contribution in [2.45, 2.75) is 39.5 Å². The van der Waals surface area contributed by atoms with Gasteiger partial charge in [-0.2, -0.15) is 0 Å². The first-order valence-electron chi connectivity index (χ1n) is 6.98. The van der Waals surface area contributed by atoms with Gasteiger partial charge in [-0.25, -0.2) is 0 Å². The molecule has 0 aromatic heterocycles. The number of hydrogen-bond donors (Lipinski definition) is 1. The molecule has 3 atom stereocenters. The van der Waals surface area contributed by atoms with Gasteiger partial charge in [0.1, 0.15) is 0 Å². The van der Waals surface area contributed by atoms with E-state index in [1.807, 2.05) is 0 Å². The molecule has 2 aliphatic carbocycles. The zero-order valence-corrected chi connectivity index (χ0v) is 11.1. The Balaban J connectivity index is 1.85. The van der Waals surface area contributed by atoms with Gasteiger partial charge in [0.15, 0.2) is 0 Å². The Bertz CT molecular complexity index is 277. The SMILES string of the molecule is CC(C)CN(CC(=O)O)CC1CC2CCC1C2. The number of aliphatic carboxylic acids is 1. The van der Waals surface area contributed by atoms with Crippen LogP contribution in [-0.4, -0.2) is 35.6 Å². The number of hydrogen-bond acceptors (Lipinski definition) is 2. The van der Waals surface area contributed by atoms with Crippen molar-refractivity contribution in [1.29, 1.82) is 0 Å². The van der Waals surface area contributed by atoms with E-state index in [0.717, 1.165) is 30.8 Å². The molecule has 0 aromatic rings. The lowest BCUT2D eigenvalue weighted by Crippen LogP contribution is -2.38. The standard InChI is InChI=1S/C14H25NO2/c1-10(2)7-15(9-14(16)17)8-13-6-11-3-4-12(13)5-11/h10-13H,3-9H2,1-2H3,(H,16,17). The average molecular weight is 239 g/mol. The van der Waals surface area contributed by atoms with Crippen molar-refractivity contribution in [3.8, 4) is 0 Å². The number of nitrogens with zero attached hydrogens (tertiary/aromatic N) is 1. The number of carbonyl (C=O) groups is 1. The van der Waals surface area contributed by atoms with Crippen molar-refractivity contribution >= 4 is 5.97 Å². The Morgan fingerprint density at radius 3 is 2.59 bits per heavy atom. The molecule has 3 unspecified atom stereocenters. The summed E-state index contributed by atoms with van der Waals surface area (Å²) in [7, 11) is 0. The summed E-state index contributed by atoms with van der Waals surface area (Å²) < 4.78 is 0. The summed E-state index contributed by atoms with van der Waals surface area (Å²) in [4.78, 5) is 13.0. The van der Waals surface area contributed by atoms with Gasteiger partial charge in [0.05, 0.1) is 6.54 Å². The number of carboxylic acid groups (broad SMARTS) is 1. The van der Waals surface area contributed by atoms with Crippen LogP contribution >= 0.6 is 0 Å². The minimum atomic E-state index is -0.686. The van der Waals surface area contributed by atoms with Crippen LogP contribution in [-0.2, 0) is 4.79 Å². The Morgan fingerprint density at radius 1 is 1.35 bits per heavy atom. The zero-order chi connectivity index (χ0) is 12.4. The smallest absolute Gasteiger partial charge is 0.317 e. The third-order valence-electron chi connectivity index (χ3n) is 4.36. The summed E-state index contributed by atoms with van der Waals surface area (Å²) in [6, 6.07) is 0. The second-order valence-corrected chi connectivity index (χ2v) is 6.42. The monoisotopic (exact) mass is 239 g/mol. The predicted octanol–water partition coefficient (Wildman–Crippen LogP) is 2.47. The lowest BCUT2D eigenvalue weighted by molar-refractivity contribution is -0.138. The van der Waals surface area contributed by atoms with Crippen molar-refractivity contribution in [2.24, 2.45) is 23.7 Å². The van der Waals surface area contributed by atoms with Gasteiger partial charge in [-0.3, -0.25) is 9.69 Å². The van der Waals surface area contributed by atoms with Gasteiger partial charge in [0, 0.05) is 13.1 Å².